The number of unbranched alkanes of at least 4 members (excludes halogenated alkanes) is 1. The molecule has 0 aliphatic heterocycles. The van der Waals surface area contributed by atoms with Crippen LogP contribution in [0.5, 0.6) is 11.6 Å². The van der Waals surface area contributed by atoms with Crippen molar-refractivity contribution in [2.24, 2.45) is 11.8 Å². The minimum Gasteiger partial charge on any atom is -0.478 e. The fourth-order valence-corrected chi connectivity index (χ4v) is 3.10. The first-order valence-corrected chi connectivity index (χ1v) is 9.03. The van der Waals surface area contributed by atoms with Gasteiger partial charge < -0.3 is 9.47 Å². The molecular weight excluding hydrogens is 290 g/mol. The van der Waals surface area contributed by atoms with Crippen LogP contribution in [0.1, 0.15) is 65.2 Å². The minimum atomic E-state index is -0.108. The van der Waals surface area contributed by atoms with Crippen molar-refractivity contribution in [1.82, 2.24) is 4.98 Å². The first-order chi connectivity index (χ1) is 11.2. The molecule has 0 unspecified atom stereocenters. The third-order valence-electron chi connectivity index (χ3n) is 4.53. The molecule has 0 amide bonds. The Hall–Kier alpha value is -1.58. The third-order valence-corrected chi connectivity index (χ3v) is 4.53. The molecule has 0 N–H and O–H groups in total. The lowest BCUT2D eigenvalue weighted by molar-refractivity contribution is -0.140. The lowest BCUT2D eigenvalue weighted by Crippen LogP contribution is -2.25. The highest BCUT2D eigenvalue weighted by molar-refractivity contribution is 5.75. The smallest absolute Gasteiger partial charge is 0.314 e. The van der Waals surface area contributed by atoms with E-state index in [4.69, 9.17) is 9.47 Å². The molecule has 1 aliphatic carbocycles. The van der Waals surface area contributed by atoms with Crippen molar-refractivity contribution >= 4 is 5.97 Å². The van der Waals surface area contributed by atoms with Crippen molar-refractivity contribution in [2.45, 2.75) is 65.2 Å². The number of esters is 1. The summed E-state index contributed by atoms with van der Waals surface area (Å²) in [6.45, 7) is 4.93. The third kappa shape index (κ3) is 5.85. The molecule has 0 spiro atoms. The van der Waals surface area contributed by atoms with Gasteiger partial charge in [0.15, 0.2) is 0 Å². The number of carbonyl (C=O) groups excluding carboxylic acids is 1. The number of nitrogens with zero attached hydrogens (tertiary/aromatic N) is 1. The van der Waals surface area contributed by atoms with Gasteiger partial charge in [0.1, 0.15) is 5.75 Å². The monoisotopic (exact) mass is 319 g/mol. The summed E-state index contributed by atoms with van der Waals surface area (Å²) in [4.78, 5) is 16.4. The molecule has 23 heavy (non-hydrogen) atoms. The van der Waals surface area contributed by atoms with Gasteiger partial charge in [0.05, 0.1) is 18.7 Å². The van der Waals surface area contributed by atoms with E-state index in [-0.39, 0.29) is 11.9 Å². The van der Waals surface area contributed by atoms with Crippen molar-refractivity contribution in [3.63, 3.8) is 0 Å². The van der Waals surface area contributed by atoms with E-state index in [0.29, 0.717) is 18.2 Å². The summed E-state index contributed by atoms with van der Waals surface area (Å²) >= 11 is 0. The van der Waals surface area contributed by atoms with E-state index in [2.05, 4.69) is 11.9 Å². The Morgan fingerprint density at radius 1 is 1.17 bits per heavy atom. The molecule has 1 heterocycles. The summed E-state index contributed by atoms with van der Waals surface area (Å²) in [5, 5.41) is 0. The average molecular weight is 319 g/mol. The molecule has 0 bridgehead atoms. The lowest BCUT2D eigenvalue weighted by Gasteiger charge is -2.27. The zero-order valence-corrected chi connectivity index (χ0v) is 14.4. The standard InChI is InChI=1S/C19H29NO3/c1-3-5-6-15-7-9-16(10-8-15)19(21)23-17-11-12-18(20-14-17)22-13-4-2/h11-12,14-16H,3-10,13H2,1-2H3. The number of hydrogen-bond donors (Lipinski definition) is 0. The van der Waals surface area contributed by atoms with Gasteiger partial charge >= 0.3 is 5.97 Å². The van der Waals surface area contributed by atoms with Crippen molar-refractivity contribution in [2.75, 3.05) is 6.61 Å². The molecule has 4 nitrogen and oxygen atoms in total. The van der Waals surface area contributed by atoms with Crippen LogP contribution < -0.4 is 9.47 Å². The summed E-state index contributed by atoms with van der Waals surface area (Å²) in [6, 6.07) is 3.50. The first kappa shape index (κ1) is 17.8. The van der Waals surface area contributed by atoms with Crippen LogP contribution in [0.2, 0.25) is 0 Å². The minimum absolute atomic E-state index is 0.0453. The van der Waals surface area contributed by atoms with Gasteiger partial charge in [-0.2, -0.15) is 0 Å². The average Bonchev–Trinajstić information content (AvgIpc) is 2.59. The Labute approximate surface area is 139 Å². The van der Waals surface area contributed by atoms with Gasteiger partial charge in [0, 0.05) is 6.07 Å². The van der Waals surface area contributed by atoms with Crippen molar-refractivity contribution in [1.29, 1.82) is 0 Å². The molecule has 1 aromatic heterocycles. The Bertz CT molecular complexity index is 464. The molecule has 4 heteroatoms. The predicted molar refractivity (Wildman–Crippen MR) is 90.6 cm³/mol. The SMILES string of the molecule is CCCCC1CCC(C(=O)Oc2ccc(OCCC)nc2)CC1. The lowest BCUT2D eigenvalue weighted by atomic mass is 9.80. The van der Waals surface area contributed by atoms with E-state index < -0.39 is 0 Å². The largest absolute Gasteiger partial charge is 0.478 e. The Balaban J connectivity index is 1.76. The highest BCUT2D eigenvalue weighted by Crippen LogP contribution is 2.32. The van der Waals surface area contributed by atoms with Crippen LogP contribution in [0.15, 0.2) is 18.3 Å². The Kier molecular flexibility index (Phi) is 7.37. The van der Waals surface area contributed by atoms with Crippen molar-refractivity contribution < 1.29 is 14.3 Å². The van der Waals surface area contributed by atoms with Gasteiger partial charge in [-0.25, -0.2) is 4.98 Å². The van der Waals surface area contributed by atoms with Crippen LogP contribution >= 0.6 is 0 Å². The zero-order chi connectivity index (χ0) is 16.5. The fourth-order valence-electron chi connectivity index (χ4n) is 3.10. The Morgan fingerprint density at radius 2 is 1.96 bits per heavy atom. The maximum Gasteiger partial charge on any atom is 0.314 e. The van der Waals surface area contributed by atoms with Crippen LogP contribution in [0.4, 0.5) is 0 Å². The van der Waals surface area contributed by atoms with Gasteiger partial charge in [-0.3, -0.25) is 4.79 Å². The summed E-state index contributed by atoms with van der Waals surface area (Å²) < 4.78 is 10.9. The van der Waals surface area contributed by atoms with Gasteiger partial charge in [0.25, 0.3) is 0 Å². The van der Waals surface area contributed by atoms with Gasteiger partial charge in [-0.15, -0.1) is 0 Å². The number of pyridine rings is 1. The van der Waals surface area contributed by atoms with E-state index in [1.807, 2.05) is 6.92 Å². The number of aromatic nitrogens is 1. The van der Waals surface area contributed by atoms with Crippen LogP contribution in [0.3, 0.4) is 0 Å². The number of rotatable bonds is 8. The highest BCUT2D eigenvalue weighted by atomic mass is 16.5. The van der Waals surface area contributed by atoms with Crippen LogP contribution in [0.25, 0.3) is 0 Å². The van der Waals surface area contributed by atoms with Crippen molar-refractivity contribution in [3.05, 3.63) is 18.3 Å². The summed E-state index contributed by atoms with van der Waals surface area (Å²) in [7, 11) is 0. The molecule has 128 valence electrons. The molecule has 0 saturated heterocycles. The topological polar surface area (TPSA) is 48.4 Å². The highest BCUT2D eigenvalue weighted by Gasteiger charge is 2.27. The Morgan fingerprint density at radius 3 is 2.57 bits per heavy atom. The quantitative estimate of drug-likeness (QED) is 0.647. The molecule has 1 fully saturated rings. The van der Waals surface area contributed by atoms with Gasteiger partial charge in [0.2, 0.25) is 5.88 Å². The summed E-state index contributed by atoms with van der Waals surface area (Å²) in [5.41, 5.74) is 0. The van der Waals surface area contributed by atoms with E-state index in [0.717, 1.165) is 38.0 Å². The van der Waals surface area contributed by atoms with E-state index >= 15 is 0 Å². The molecule has 1 aliphatic rings. The molecule has 0 radical (unpaired) electrons. The maximum atomic E-state index is 12.3. The maximum absolute atomic E-state index is 12.3. The van der Waals surface area contributed by atoms with E-state index in [1.165, 1.54) is 19.3 Å². The summed E-state index contributed by atoms with van der Waals surface area (Å²) in [6.07, 6.45) is 10.6. The second-order valence-corrected chi connectivity index (χ2v) is 6.46. The number of hydrogen-bond acceptors (Lipinski definition) is 4. The molecule has 0 aromatic carbocycles. The van der Waals surface area contributed by atoms with E-state index in [1.54, 1.807) is 18.3 Å². The second kappa shape index (κ2) is 9.53. The number of carbonyl (C=O) groups is 1. The molecule has 1 saturated carbocycles. The summed E-state index contributed by atoms with van der Waals surface area (Å²) in [5.74, 6) is 1.82. The van der Waals surface area contributed by atoms with Gasteiger partial charge in [-0.05, 0) is 44.1 Å². The van der Waals surface area contributed by atoms with Crippen LogP contribution in [-0.4, -0.2) is 17.6 Å². The molecule has 2 rings (SSSR count). The first-order valence-electron chi connectivity index (χ1n) is 9.03. The second-order valence-electron chi connectivity index (χ2n) is 6.46. The van der Waals surface area contributed by atoms with Crippen molar-refractivity contribution in [3.8, 4) is 11.6 Å². The van der Waals surface area contributed by atoms with Crippen LogP contribution in [0, 0.1) is 11.8 Å². The van der Waals surface area contributed by atoms with Gasteiger partial charge in [-0.1, -0.05) is 33.1 Å². The normalized spacial score (nSPS) is 21.0. The van der Waals surface area contributed by atoms with E-state index in [9.17, 15) is 4.79 Å². The zero-order valence-electron chi connectivity index (χ0n) is 14.4. The fraction of sp³-hybridized carbons (Fsp3) is 0.684. The number of ether oxygens (including phenoxy) is 2. The molecule has 1 aromatic rings. The van der Waals surface area contributed by atoms with Crippen LogP contribution in [-0.2, 0) is 4.79 Å². The predicted octanol–water partition coefficient (Wildman–Crippen LogP) is 4.77. The molecule has 0 atom stereocenters. The molecular formula is C19H29NO3.